The SMILES string of the molecule is CCCCCCCCC(CCCCCC)Cn1nc2c(-c3ccc(C)s3)c(F)c(F)c(-c3ccc(-c4cc5c(-c6cc(Cl)c([Si](CCC)(CCC)CCC)s6)c6sc(C)cc6c(-c6cc(Cl)c([Si](CCC)(CCC)CCC)s6)c5s4)s3)c2n1. The van der Waals surface area contributed by atoms with E-state index in [1.54, 1.807) is 4.80 Å². The molecule has 0 amide bonds. The highest BCUT2D eigenvalue weighted by molar-refractivity contribution is 7.33. The van der Waals surface area contributed by atoms with Crippen molar-refractivity contribution in [2.24, 2.45) is 5.92 Å². The van der Waals surface area contributed by atoms with Crippen LogP contribution >= 0.6 is 91.2 Å². The Hall–Kier alpha value is -2.57. The first kappa shape index (κ1) is 64.9. The molecule has 7 heterocycles. The van der Waals surface area contributed by atoms with Crippen molar-refractivity contribution in [1.29, 1.82) is 0 Å². The number of fused-ring (bicyclic) bond motifs is 3. The second-order valence-corrected chi connectivity index (χ2v) is 41.5. The molecule has 0 radical (unpaired) electrons. The van der Waals surface area contributed by atoms with Crippen molar-refractivity contribution >= 4 is 148 Å². The van der Waals surface area contributed by atoms with Crippen LogP contribution in [0, 0.1) is 31.4 Å². The third-order valence-electron chi connectivity index (χ3n) is 17.5. The molecule has 0 fully saturated rings. The van der Waals surface area contributed by atoms with Crippen LogP contribution < -0.4 is 9.00 Å². The minimum atomic E-state index is -1.90. The van der Waals surface area contributed by atoms with Crippen molar-refractivity contribution in [1.82, 2.24) is 15.0 Å². The Bertz CT molecular complexity index is 3440. The first-order valence-electron chi connectivity index (χ1n) is 31.8. The van der Waals surface area contributed by atoms with Gasteiger partial charge < -0.3 is 0 Å². The molecule has 0 aliphatic rings. The number of benzene rings is 2. The molecule has 15 heteroatoms. The molecule has 0 aliphatic carbocycles. The van der Waals surface area contributed by atoms with Crippen molar-refractivity contribution < 1.29 is 8.78 Å². The molecule has 0 spiro atoms. The largest absolute Gasteiger partial charge is 0.203 e. The highest BCUT2D eigenvalue weighted by Gasteiger charge is 2.39. The Labute approximate surface area is 531 Å². The van der Waals surface area contributed by atoms with Crippen molar-refractivity contribution in [3.63, 3.8) is 0 Å². The second-order valence-electron chi connectivity index (χ2n) is 24.0. The van der Waals surface area contributed by atoms with Gasteiger partial charge in [0.2, 0.25) is 0 Å². The molecule has 0 bridgehead atoms. The Kier molecular flexibility index (Phi) is 23.2. The van der Waals surface area contributed by atoms with Crippen LogP contribution in [-0.4, -0.2) is 31.1 Å². The van der Waals surface area contributed by atoms with Gasteiger partial charge in [-0.1, -0.05) is 218 Å². The molecule has 7 aromatic heterocycles. The van der Waals surface area contributed by atoms with E-state index in [4.69, 9.17) is 33.4 Å². The fourth-order valence-corrected chi connectivity index (χ4v) is 36.0. The molecule has 0 saturated heterocycles. The van der Waals surface area contributed by atoms with Crippen LogP contribution in [0.15, 0.2) is 48.5 Å². The second kappa shape index (κ2) is 29.6. The summed E-state index contributed by atoms with van der Waals surface area (Å²) in [6, 6.07) is 25.0. The molecule has 1 atom stereocenters. The minimum absolute atomic E-state index is 0.199. The number of aromatic nitrogens is 3. The normalized spacial score (nSPS) is 12.9. The van der Waals surface area contributed by atoms with E-state index >= 15 is 8.78 Å². The highest BCUT2D eigenvalue weighted by Crippen LogP contribution is 2.55. The van der Waals surface area contributed by atoms with Crippen molar-refractivity contribution in [2.45, 2.75) is 228 Å². The minimum Gasteiger partial charge on any atom is -0.203 e. The summed E-state index contributed by atoms with van der Waals surface area (Å²) in [7, 11) is -3.80. The number of nitrogens with zero attached hydrogens (tertiary/aromatic N) is 3. The smallest absolute Gasteiger partial charge is 0.170 e. The average molecular weight is 1310 g/mol. The molecule has 83 heavy (non-hydrogen) atoms. The van der Waals surface area contributed by atoms with E-state index in [2.05, 4.69) is 92.6 Å². The zero-order chi connectivity index (χ0) is 59.0. The maximum Gasteiger partial charge on any atom is 0.170 e. The Morgan fingerprint density at radius 3 is 1.35 bits per heavy atom. The summed E-state index contributed by atoms with van der Waals surface area (Å²) in [5, 5.41) is 14.7. The standard InChI is InChI=1S/C68H89Cl2F2N3S6Si2/c1-11-19-21-23-24-26-28-46(27-25-22-20-12-2)43-75-73-63-59(52-30-29-44(9)76-52)61(71)62(72)60(64(63)74-75)53-32-31-51(78-53)54-40-48-58(56-42-50(70)68(81-56)83(36-16-6,37-17-7)38-18-8)65-47(39-45(10)77-65)57(66(48)79-54)55-41-49(69)67(80-55)82(33-13-3,34-14-4)35-15-5/h29-32,39-42,46H,11-28,33-38,43H2,1-10H3. The molecule has 2 aromatic carbocycles. The van der Waals surface area contributed by atoms with Gasteiger partial charge in [-0.2, -0.15) is 15.0 Å². The predicted molar refractivity (Wildman–Crippen MR) is 378 cm³/mol. The summed E-state index contributed by atoms with van der Waals surface area (Å²) in [6.07, 6.45) is 21.5. The number of rotatable bonds is 33. The fourth-order valence-electron chi connectivity index (χ4n) is 14.0. The van der Waals surface area contributed by atoms with E-state index in [-0.39, 0.29) is 11.1 Å². The van der Waals surface area contributed by atoms with Crippen molar-refractivity contribution in [3.8, 4) is 51.5 Å². The topological polar surface area (TPSA) is 30.7 Å². The third kappa shape index (κ3) is 13.9. The molecule has 0 saturated carbocycles. The quantitative estimate of drug-likeness (QED) is 0.0303. The van der Waals surface area contributed by atoms with E-state index in [0.717, 1.165) is 37.5 Å². The van der Waals surface area contributed by atoms with Gasteiger partial charge >= 0.3 is 0 Å². The lowest BCUT2D eigenvalue weighted by molar-refractivity contribution is 0.327. The lowest BCUT2D eigenvalue weighted by Gasteiger charge is -2.30. The van der Waals surface area contributed by atoms with Crippen LogP contribution in [0.2, 0.25) is 46.3 Å². The maximum atomic E-state index is 17.5. The molecule has 0 aliphatic heterocycles. The van der Waals surface area contributed by atoms with Gasteiger partial charge in [0.1, 0.15) is 27.2 Å². The number of hydrogen-bond donors (Lipinski definition) is 0. The number of aryl methyl sites for hydroxylation is 2. The molecule has 448 valence electrons. The first-order valence-corrected chi connectivity index (χ1v) is 42.7. The van der Waals surface area contributed by atoms with Gasteiger partial charge in [0.15, 0.2) is 11.6 Å². The maximum absolute atomic E-state index is 17.5. The molecule has 1 unspecified atom stereocenters. The summed E-state index contributed by atoms with van der Waals surface area (Å²) in [5.41, 5.74) is 3.80. The van der Waals surface area contributed by atoms with E-state index in [1.165, 1.54) is 217 Å². The van der Waals surface area contributed by atoms with Gasteiger partial charge in [0, 0.05) is 79.3 Å². The lowest BCUT2D eigenvalue weighted by Crippen LogP contribution is -2.46. The Morgan fingerprint density at radius 2 is 0.867 bits per heavy atom. The fraction of sp³-hybridized carbons (Fsp3) is 0.529. The molecule has 0 N–H and O–H groups in total. The molecular formula is C68H89Cl2F2N3S6Si2. The zero-order valence-electron chi connectivity index (χ0n) is 51.2. The van der Waals surface area contributed by atoms with Crippen LogP contribution in [0.25, 0.3) is 82.7 Å². The Balaban J connectivity index is 1.23. The van der Waals surface area contributed by atoms with Gasteiger partial charge in [-0.05, 0) is 81.1 Å². The number of unbranched alkanes of at least 4 members (excludes halogenated alkanes) is 8. The van der Waals surface area contributed by atoms with E-state index in [1.807, 2.05) is 70.5 Å². The van der Waals surface area contributed by atoms with E-state index in [0.29, 0.717) is 33.3 Å². The summed E-state index contributed by atoms with van der Waals surface area (Å²) in [4.78, 5) is 10.0. The van der Waals surface area contributed by atoms with Gasteiger partial charge in [0.25, 0.3) is 0 Å². The molecular weight excluding hydrogens is 1220 g/mol. The zero-order valence-corrected chi connectivity index (χ0v) is 59.6. The summed E-state index contributed by atoms with van der Waals surface area (Å²) < 4.78 is 40.1. The van der Waals surface area contributed by atoms with E-state index in [9.17, 15) is 0 Å². The third-order valence-corrected chi connectivity index (χ3v) is 39.5. The first-order chi connectivity index (χ1) is 40.2. The summed E-state index contributed by atoms with van der Waals surface area (Å²) in [6.45, 7) is 23.5. The molecule has 3 nitrogen and oxygen atoms in total. The van der Waals surface area contributed by atoms with Gasteiger partial charge in [-0.15, -0.1) is 68.0 Å². The predicted octanol–water partition coefficient (Wildman–Crippen LogP) is 25.8. The van der Waals surface area contributed by atoms with Crippen molar-refractivity contribution in [2.75, 3.05) is 0 Å². The average Bonchev–Trinajstić information content (AvgIpc) is 4.15. The highest BCUT2D eigenvalue weighted by atomic mass is 35.5. The molecule has 9 rings (SSSR count). The van der Waals surface area contributed by atoms with Gasteiger partial charge in [-0.3, -0.25) is 0 Å². The number of hydrogen-bond acceptors (Lipinski definition) is 8. The number of halogens is 4. The molecule has 9 aromatic rings. The van der Waals surface area contributed by atoms with Crippen LogP contribution in [0.1, 0.15) is 181 Å². The van der Waals surface area contributed by atoms with Gasteiger partial charge in [0.05, 0.1) is 27.7 Å². The van der Waals surface area contributed by atoms with E-state index < -0.39 is 27.8 Å². The van der Waals surface area contributed by atoms with Crippen LogP contribution in [0.5, 0.6) is 0 Å². The van der Waals surface area contributed by atoms with Crippen LogP contribution in [0.3, 0.4) is 0 Å². The number of thiophene rings is 6. The summed E-state index contributed by atoms with van der Waals surface area (Å²) >= 11 is 25.9. The van der Waals surface area contributed by atoms with Crippen LogP contribution in [0.4, 0.5) is 8.78 Å². The lowest BCUT2D eigenvalue weighted by atomic mass is 9.94. The monoisotopic (exact) mass is 1300 g/mol. The van der Waals surface area contributed by atoms with Crippen molar-refractivity contribution in [3.05, 3.63) is 80.0 Å². The van der Waals surface area contributed by atoms with Crippen LogP contribution in [-0.2, 0) is 6.54 Å². The summed E-state index contributed by atoms with van der Waals surface area (Å²) in [5.74, 6) is -1.34. The van der Waals surface area contributed by atoms with Gasteiger partial charge in [-0.25, -0.2) is 8.78 Å². The Morgan fingerprint density at radius 1 is 0.434 bits per heavy atom.